The van der Waals surface area contributed by atoms with E-state index in [0.717, 1.165) is 0 Å². The van der Waals surface area contributed by atoms with Gasteiger partial charge in [0.15, 0.2) is 0 Å². The molecule has 2 aromatic rings. The molecule has 0 amide bonds. The Morgan fingerprint density at radius 1 is 0.944 bits per heavy atom. The highest BCUT2D eigenvalue weighted by molar-refractivity contribution is 5.92. The Labute approximate surface area is 112 Å². The summed E-state index contributed by atoms with van der Waals surface area (Å²) >= 11 is 0. The summed E-state index contributed by atoms with van der Waals surface area (Å²) in [6.45, 7) is 0. The minimum absolute atomic E-state index is 0. The van der Waals surface area contributed by atoms with E-state index in [1.54, 1.807) is 18.2 Å². The molecule has 0 bridgehead atoms. The second kappa shape index (κ2) is 6.67. The van der Waals surface area contributed by atoms with Crippen LogP contribution in [0.1, 0.15) is 10.4 Å². The predicted octanol–water partition coefficient (Wildman–Crippen LogP) is 3.69. The molecule has 3 nitrogen and oxygen atoms in total. The zero-order valence-corrected chi connectivity index (χ0v) is 10.6. The molecule has 2 aromatic carbocycles. The second-order valence-electron chi connectivity index (χ2n) is 3.40. The number of carbonyl (C=O) groups excluding carboxylic acids is 1. The van der Waals surface area contributed by atoms with Crippen LogP contribution < -0.4 is 4.74 Å². The third-order valence-electron chi connectivity index (χ3n) is 2.26. The molecule has 0 aromatic heterocycles. The van der Waals surface area contributed by atoms with Crippen LogP contribution in [0, 0.1) is 0 Å². The Morgan fingerprint density at radius 2 is 1.56 bits per heavy atom. The minimum Gasteiger partial charge on any atom is -0.465 e. The summed E-state index contributed by atoms with van der Waals surface area (Å²) in [6, 6.07) is 16.3. The topological polar surface area (TPSA) is 35.5 Å². The van der Waals surface area contributed by atoms with Crippen molar-refractivity contribution in [3.63, 3.8) is 0 Å². The van der Waals surface area contributed by atoms with Gasteiger partial charge < -0.3 is 9.47 Å². The lowest BCUT2D eigenvalue weighted by Gasteiger charge is -2.09. The van der Waals surface area contributed by atoms with Gasteiger partial charge in [-0.3, -0.25) is 0 Å². The first-order chi connectivity index (χ1) is 8.31. The molecule has 0 aliphatic carbocycles. The van der Waals surface area contributed by atoms with Crippen molar-refractivity contribution < 1.29 is 14.3 Å². The van der Waals surface area contributed by atoms with Gasteiger partial charge >= 0.3 is 5.97 Å². The molecule has 4 heteroatoms. The smallest absolute Gasteiger partial charge is 0.341 e. The van der Waals surface area contributed by atoms with Gasteiger partial charge in [0.05, 0.1) is 7.11 Å². The molecule has 0 atom stereocenters. The van der Waals surface area contributed by atoms with Crippen LogP contribution in [0.4, 0.5) is 0 Å². The number of para-hydroxylation sites is 2. The number of benzene rings is 2. The molecular formula is C14H13ClO3. The maximum absolute atomic E-state index is 11.5. The molecule has 0 spiro atoms. The van der Waals surface area contributed by atoms with Crippen molar-refractivity contribution in [1.82, 2.24) is 0 Å². The van der Waals surface area contributed by atoms with Crippen LogP contribution in [0.15, 0.2) is 54.6 Å². The van der Waals surface area contributed by atoms with Crippen molar-refractivity contribution in [2.75, 3.05) is 7.11 Å². The molecule has 0 radical (unpaired) electrons. The molecule has 0 unspecified atom stereocenters. The first-order valence-electron chi connectivity index (χ1n) is 5.21. The molecule has 0 aliphatic rings. The van der Waals surface area contributed by atoms with Crippen LogP contribution in [0.2, 0.25) is 0 Å². The van der Waals surface area contributed by atoms with Crippen molar-refractivity contribution >= 4 is 18.4 Å². The van der Waals surface area contributed by atoms with Gasteiger partial charge in [-0.05, 0) is 24.3 Å². The van der Waals surface area contributed by atoms with E-state index in [2.05, 4.69) is 0 Å². The quantitative estimate of drug-likeness (QED) is 0.793. The van der Waals surface area contributed by atoms with E-state index in [-0.39, 0.29) is 12.4 Å². The Morgan fingerprint density at radius 3 is 2.22 bits per heavy atom. The maximum Gasteiger partial charge on any atom is 0.341 e. The first-order valence-corrected chi connectivity index (χ1v) is 5.21. The average Bonchev–Trinajstić information content (AvgIpc) is 2.40. The minimum atomic E-state index is -0.406. The summed E-state index contributed by atoms with van der Waals surface area (Å²) in [6.07, 6.45) is 0. The summed E-state index contributed by atoms with van der Waals surface area (Å²) in [4.78, 5) is 11.5. The maximum atomic E-state index is 11.5. The first kappa shape index (κ1) is 14.1. The van der Waals surface area contributed by atoms with E-state index in [1.165, 1.54) is 7.11 Å². The van der Waals surface area contributed by atoms with Crippen molar-refractivity contribution in [2.24, 2.45) is 0 Å². The molecular weight excluding hydrogens is 252 g/mol. The van der Waals surface area contributed by atoms with Gasteiger partial charge in [0, 0.05) is 0 Å². The highest BCUT2D eigenvalue weighted by Gasteiger charge is 2.12. The van der Waals surface area contributed by atoms with E-state index in [1.807, 2.05) is 36.4 Å². The lowest BCUT2D eigenvalue weighted by Crippen LogP contribution is -2.03. The average molecular weight is 265 g/mol. The molecule has 18 heavy (non-hydrogen) atoms. The monoisotopic (exact) mass is 264 g/mol. The number of esters is 1. The summed E-state index contributed by atoms with van der Waals surface area (Å²) in [7, 11) is 1.35. The largest absolute Gasteiger partial charge is 0.465 e. The summed E-state index contributed by atoms with van der Waals surface area (Å²) < 4.78 is 10.3. The SMILES string of the molecule is COC(=O)c1ccccc1Oc1ccccc1.Cl. The van der Waals surface area contributed by atoms with Gasteiger partial charge in [0.1, 0.15) is 17.1 Å². The molecule has 2 rings (SSSR count). The van der Waals surface area contributed by atoms with Crippen LogP contribution in [0.5, 0.6) is 11.5 Å². The van der Waals surface area contributed by atoms with E-state index < -0.39 is 5.97 Å². The van der Waals surface area contributed by atoms with E-state index in [0.29, 0.717) is 17.1 Å². The van der Waals surface area contributed by atoms with Gasteiger partial charge in [-0.1, -0.05) is 30.3 Å². The van der Waals surface area contributed by atoms with Crippen LogP contribution in [-0.4, -0.2) is 13.1 Å². The predicted molar refractivity (Wildman–Crippen MR) is 71.5 cm³/mol. The normalized spacial score (nSPS) is 9.17. The van der Waals surface area contributed by atoms with Gasteiger partial charge in [0.25, 0.3) is 0 Å². The third kappa shape index (κ3) is 3.25. The molecule has 0 N–H and O–H groups in total. The highest BCUT2D eigenvalue weighted by atomic mass is 35.5. The van der Waals surface area contributed by atoms with Crippen molar-refractivity contribution in [3.05, 3.63) is 60.2 Å². The number of hydrogen-bond acceptors (Lipinski definition) is 3. The fourth-order valence-electron chi connectivity index (χ4n) is 1.45. The second-order valence-corrected chi connectivity index (χ2v) is 3.40. The number of carbonyl (C=O) groups is 1. The summed E-state index contributed by atoms with van der Waals surface area (Å²) in [5, 5.41) is 0. The number of hydrogen-bond donors (Lipinski definition) is 0. The Hall–Kier alpha value is -2.00. The van der Waals surface area contributed by atoms with Gasteiger partial charge in [-0.15, -0.1) is 12.4 Å². The Kier molecular flexibility index (Phi) is 5.21. The molecule has 94 valence electrons. The molecule has 0 heterocycles. The number of ether oxygens (including phenoxy) is 2. The van der Waals surface area contributed by atoms with Crippen LogP contribution >= 0.6 is 12.4 Å². The van der Waals surface area contributed by atoms with Gasteiger partial charge in [0.2, 0.25) is 0 Å². The Bertz CT molecular complexity index is 511. The lowest BCUT2D eigenvalue weighted by atomic mass is 10.2. The molecule has 0 fully saturated rings. The fraction of sp³-hybridized carbons (Fsp3) is 0.0714. The highest BCUT2D eigenvalue weighted by Crippen LogP contribution is 2.25. The van der Waals surface area contributed by atoms with Gasteiger partial charge in [-0.25, -0.2) is 4.79 Å². The van der Waals surface area contributed by atoms with Gasteiger partial charge in [-0.2, -0.15) is 0 Å². The fourth-order valence-corrected chi connectivity index (χ4v) is 1.45. The molecule has 0 saturated heterocycles. The standard InChI is InChI=1S/C14H12O3.ClH/c1-16-14(15)12-9-5-6-10-13(12)17-11-7-3-2-4-8-11;/h2-10H,1H3;1H. The number of rotatable bonds is 3. The van der Waals surface area contributed by atoms with Crippen molar-refractivity contribution in [2.45, 2.75) is 0 Å². The van der Waals surface area contributed by atoms with Crippen molar-refractivity contribution in [1.29, 1.82) is 0 Å². The van der Waals surface area contributed by atoms with Crippen LogP contribution in [-0.2, 0) is 4.74 Å². The van der Waals surface area contributed by atoms with E-state index in [9.17, 15) is 4.79 Å². The van der Waals surface area contributed by atoms with E-state index in [4.69, 9.17) is 9.47 Å². The molecule has 0 aliphatic heterocycles. The van der Waals surface area contributed by atoms with Crippen LogP contribution in [0.25, 0.3) is 0 Å². The zero-order valence-electron chi connectivity index (χ0n) is 9.83. The van der Waals surface area contributed by atoms with Crippen molar-refractivity contribution in [3.8, 4) is 11.5 Å². The lowest BCUT2D eigenvalue weighted by molar-refractivity contribution is 0.0598. The summed E-state index contributed by atoms with van der Waals surface area (Å²) in [5.74, 6) is 0.769. The Balaban J connectivity index is 0.00000162. The van der Waals surface area contributed by atoms with E-state index >= 15 is 0 Å². The van der Waals surface area contributed by atoms with Crippen LogP contribution in [0.3, 0.4) is 0 Å². The number of halogens is 1. The number of methoxy groups -OCH3 is 1. The molecule has 0 saturated carbocycles. The summed E-state index contributed by atoms with van der Waals surface area (Å²) in [5.41, 5.74) is 0.416. The third-order valence-corrected chi connectivity index (χ3v) is 2.26. The zero-order chi connectivity index (χ0) is 12.1.